The van der Waals surface area contributed by atoms with Crippen LogP contribution in [0.3, 0.4) is 0 Å². The number of aryl methyl sites for hydroxylation is 1. The fourth-order valence-electron chi connectivity index (χ4n) is 2.39. The van der Waals surface area contributed by atoms with E-state index in [1.807, 2.05) is 37.3 Å². The van der Waals surface area contributed by atoms with E-state index in [4.69, 9.17) is 0 Å². The molecule has 0 amide bonds. The van der Waals surface area contributed by atoms with Gasteiger partial charge in [-0.05, 0) is 30.7 Å². The molecule has 2 aromatic carbocycles. The van der Waals surface area contributed by atoms with Crippen LogP contribution >= 0.6 is 11.3 Å². The van der Waals surface area contributed by atoms with Gasteiger partial charge in [-0.1, -0.05) is 48.0 Å². The third kappa shape index (κ3) is 3.15. The molecule has 110 valence electrons. The molecule has 0 unspecified atom stereocenters. The maximum atomic E-state index is 13.8. The van der Waals surface area contributed by atoms with Crippen molar-refractivity contribution in [3.05, 3.63) is 82.5 Å². The van der Waals surface area contributed by atoms with Gasteiger partial charge in [-0.3, -0.25) is 4.79 Å². The Morgan fingerprint density at radius 1 is 1.05 bits per heavy atom. The Morgan fingerprint density at radius 3 is 2.64 bits per heavy atom. The molecule has 1 aromatic heterocycles. The lowest BCUT2D eigenvalue weighted by molar-refractivity contribution is 0.0997. The minimum Gasteiger partial charge on any atom is -0.293 e. The number of ketones is 1. The molecule has 22 heavy (non-hydrogen) atoms. The van der Waals surface area contributed by atoms with Crippen LogP contribution in [-0.4, -0.2) is 5.78 Å². The topological polar surface area (TPSA) is 17.1 Å². The number of carbonyl (C=O) groups excluding carboxylic acids is 1. The van der Waals surface area contributed by atoms with Crippen LogP contribution in [0.2, 0.25) is 0 Å². The lowest BCUT2D eigenvalue weighted by Gasteiger charge is -2.01. The number of Topliss-reactive ketones (excluding diaryl/α,β-unsaturated/α-hetero) is 1. The fourth-order valence-corrected chi connectivity index (χ4v) is 3.36. The van der Waals surface area contributed by atoms with Gasteiger partial charge in [0.15, 0.2) is 5.78 Å². The summed E-state index contributed by atoms with van der Waals surface area (Å²) >= 11 is 1.34. The Morgan fingerprint density at radius 2 is 1.86 bits per heavy atom. The average Bonchev–Trinajstić information content (AvgIpc) is 2.97. The van der Waals surface area contributed by atoms with Gasteiger partial charge in [0.05, 0.1) is 4.88 Å². The van der Waals surface area contributed by atoms with Crippen molar-refractivity contribution in [2.24, 2.45) is 0 Å². The van der Waals surface area contributed by atoms with Gasteiger partial charge in [0.2, 0.25) is 0 Å². The van der Waals surface area contributed by atoms with E-state index in [0.717, 1.165) is 16.0 Å². The van der Waals surface area contributed by atoms with Crippen LogP contribution in [0.1, 0.15) is 20.8 Å². The minimum atomic E-state index is -0.262. The lowest BCUT2D eigenvalue weighted by atomic mass is 10.1. The molecule has 0 radical (unpaired) electrons. The Labute approximate surface area is 133 Å². The highest BCUT2D eigenvalue weighted by molar-refractivity contribution is 7.17. The number of thiophene rings is 1. The molecule has 0 saturated heterocycles. The number of rotatable bonds is 4. The first kappa shape index (κ1) is 14.7. The van der Waals surface area contributed by atoms with E-state index < -0.39 is 0 Å². The number of hydrogen-bond donors (Lipinski definition) is 0. The molecule has 0 aliphatic carbocycles. The van der Waals surface area contributed by atoms with Gasteiger partial charge in [0.1, 0.15) is 5.82 Å². The third-order valence-electron chi connectivity index (χ3n) is 3.47. The number of carbonyl (C=O) groups is 1. The summed E-state index contributed by atoms with van der Waals surface area (Å²) in [6.07, 6.45) is 0.374. The summed E-state index contributed by atoms with van der Waals surface area (Å²) in [4.78, 5) is 13.8. The smallest absolute Gasteiger partial charge is 0.177 e. The van der Waals surface area contributed by atoms with E-state index in [1.54, 1.807) is 24.3 Å². The van der Waals surface area contributed by atoms with Gasteiger partial charge in [0.25, 0.3) is 0 Å². The molecule has 0 bridgehead atoms. The molecule has 0 N–H and O–H groups in total. The van der Waals surface area contributed by atoms with Crippen LogP contribution in [0.5, 0.6) is 0 Å². The van der Waals surface area contributed by atoms with Crippen LogP contribution in [0.4, 0.5) is 4.39 Å². The summed E-state index contributed by atoms with van der Waals surface area (Å²) in [5.74, 6) is -0.194. The average molecular weight is 310 g/mol. The maximum absolute atomic E-state index is 13.8. The molecule has 3 aromatic rings. The second-order valence-electron chi connectivity index (χ2n) is 5.23. The zero-order valence-corrected chi connectivity index (χ0v) is 13.0. The normalized spacial score (nSPS) is 10.6. The van der Waals surface area contributed by atoms with Gasteiger partial charge in [0, 0.05) is 16.9 Å². The van der Waals surface area contributed by atoms with Crippen LogP contribution in [-0.2, 0) is 6.42 Å². The third-order valence-corrected chi connectivity index (χ3v) is 4.63. The van der Waals surface area contributed by atoms with Gasteiger partial charge < -0.3 is 0 Å². The summed E-state index contributed by atoms with van der Waals surface area (Å²) in [5, 5.41) is 0. The van der Waals surface area contributed by atoms with Gasteiger partial charge >= 0.3 is 0 Å². The van der Waals surface area contributed by atoms with Gasteiger partial charge in [-0.2, -0.15) is 0 Å². The van der Waals surface area contributed by atoms with E-state index in [0.29, 0.717) is 16.9 Å². The van der Waals surface area contributed by atoms with Crippen molar-refractivity contribution >= 4 is 17.1 Å². The maximum Gasteiger partial charge on any atom is 0.177 e. The highest BCUT2D eigenvalue weighted by atomic mass is 32.1. The van der Waals surface area contributed by atoms with Crippen molar-refractivity contribution in [3.63, 3.8) is 0 Å². The van der Waals surface area contributed by atoms with E-state index >= 15 is 0 Å². The molecular weight excluding hydrogens is 295 g/mol. The van der Waals surface area contributed by atoms with Crippen molar-refractivity contribution in [1.29, 1.82) is 0 Å². The molecule has 0 atom stereocenters. The molecule has 0 saturated carbocycles. The first-order chi connectivity index (χ1) is 10.6. The number of halogens is 1. The summed E-state index contributed by atoms with van der Waals surface area (Å²) in [6, 6.07) is 18.2. The first-order valence-corrected chi connectivity index (χ1v) is 7.88. The second-order valence-corrected chi connectivity index (χ2v) is 6.32. The van der Waals surface area contributed by atoms with Crippen molar-refractivity contribution in [2.75, 3.05) is 0 Å². The van der Waals surface area contributed by atoms with Crippen molar-refractivity contribution in [3.8, 4) is 10.4 Å². The zero-order valence-electron chi connectivity index (χ0n) is 12.2. The molecule has 0 aliphatic rings. The van der Waals surface area contributed by atoms with Crippen molar-refractivity contribution < 1.29 is 9.18 Å². The van der Waals surface area contributed by atoms with Crippen LogP contribution in [0.15, 0.2) is 60.7 Å². The van der Waals surface area contributed by atoms with Crippen LogP contribution < -0.4 is 0 Å². The Hall–Kier alpha value is -2.26. The quantitative estimate of drug-likeness (QED) is 0.599. The monoisotopic (exact) mass is 310 g/mol. The van der Waals surface area contributed by atoms with Gasteiger partial charge in [-0.15, -0.1) is 11.3 Å². The highest BCUT2D eigenvalue weighted by Crippen LogP contribution is 2.30. The molecular formula is C19H15FOS. The van der Waals surface area contributed by atoms with Crippen molar-refractivity contribution in [1.82, 2.24) is 0 Å². The second kappa shape index (κ2) is 6.24. The lowest BCUT2D eigenvalue weighted by Crippen LogP contribution is -2.01. The fraction of sp³-hybridized carbons (Fsp3) is 0.105. The molecule has 1 nitrogen and oxygen atoms in total. The number of hydrogen-bond acceptors (Lipinski definition) is 2. The molecule has 0 aliphatic heterocycles. The summed E-state index contributed by atoms with van der Waals surface area (Å²) in [5.41, 5.74) is 2.69. The molecule has 3 rings (SSSR count). The van der Waals surface area contributed by atoms with E-state index in [1.165, 1.54) is 17.4 Å². The predicted octanol–water partition coefficient (Wildman–Crippen LogP) is 5.29. The Kier molecular flexibility index (Phi) is 4.16. The Bertz CT molecular complexity index is 820. The van der Waals surface area contributed by atoms with Crippen LogP contribution in [0, 0.1) is 12.7 Å². The van der Waals surface area contributed by atoms with E-state index in [-0.39, 0.29) is 11.6 Å². The van der Waals surface area contributed by atoms with Crippen LogP contribution in [0.25, 0.3) is 10.4 Å². The van der Waals surface area contributed by atoms with E-state index in [9.17, 15) is 9.18 Å². The largest absolute Gasteiger partial charge is 0.293 e. The standard InChI is InChI=1S/C19H15FOS/c1-13-5-4-6-14(11-13)12-17(21)19-10-9-18(22-19)15-7-2-3-8-16(15)20/h2-11H,12H2,1H3. The molecule has 1 heterocycles. The minimum absolute atomic E-state index is 0.0678. The molecule has 3 heteroatoms. The summed E-state index contributed by atoms with van der Waals surface area (Å²) in [6.45, 7) is 2.01. The molecule has 0 spiro atoms. The SMILES string of the molecule is Cc1cccc(CC(=O)c2ccc(-c3ccccc3F)s2)c1. The van der Waals surface area contributed by atoms with E-state index in [2.05, 4.69) is 0 Å². The highest BCUT2D eigenvalue weighted by Gasteiger charge is 2.13. The van der Waals surface area contributed by atoms with Crippen molar-refractivity contribution in [2.45, 2.75) is 13.3 Å². The predicted molar refractivity (Wildman–Crippen MR) is 88.9 cm³/mol. The molecule has 0 fully saturated rings. The first-order valence-electron chi connectivity index (χ1n) is 7.07. The summed E-state index contributed by atoms with van der Waals surface area (Å²) < 4.78 is 13.8. The summed E-state index contributed by atoms with van der Waals surface area (Å²) in [7, 11) is 0. The zero-order chi connectivity index (χ0) is 15.5. The Balaban J connectivity index is 1.82. The number of benzene rings is 2. The van der Waals surface area contributed by atoms with Gasteiger partial charge in [-0.25, -0.2) is 4.39 Å².